The number of aromatic hydroxyl groups is 1. The van der Waals surface area contributed by atoms with Crippen LogP contribution in [0, 0.1) is 10.1 Å². The minimum atomic E-state index is -0.882. The van der Waals surface area contributed by atoms with Crippen LogP contribution < -0.4 is 5.63 Å². The van der Waals surface area contributed by atoms with Gasteiger partial charge >= 0.3 is 11.6 Å². The summed E-state index contributed by atoms with van der Waals surface area (Å²) in [5.41, 5.74) is -0.718. The number of phenolic OH excluding ortho intramolecular Hbond substituents is 1. The van der Waals surface area contributed by atoms with E-state index in [0.717, 1.165) is 6.07 Å². The molecule has 0 bridgehead atoms. The number of rotatable bonds is 4. The predicted octanol–water partition coefficient (Wildman–Crippen LogP) is 2.76. The van der Waals surface area contributed by atoms with Gasteiger partial charge in [-0.3, -0.25) is 10.1 Å². The highest BCUT2D eigenvalue weighted by atomic mass is 16.6. The van der Waals surface area contributed by atoms with Crippen molar-refractivity contribution in [2.24, 2.45) is 0 Å². The minimum Gasteiger partial charge on any atom is -0.508 e. The summed E-state index contributed by atoms with van der Waals surface area (Å²) in [6.07, 6.45) is 0. The van der Waals surface area contributed by atoms with Crippen molar-refractivity contribution >= 4 is 22.6 Å². The lowest BCUT2D eigenvalue weighted by atomic mass is 10.1. The third kappa shape index (κ3) is 3.32. The number of nitrogens with zero attached hydrogens (tertiary/aromatic N) is 1. The van der Waals surface area contributed by atoms with Crippen LogP contribution in [-0.4, -0.2) is 16.0 Å². The number of nitro groups is 1. The molecule has 1 aromatic heterocycles. The molecule has 3 aromatic rings. The van der Waals surface area contributed by atoms with Gasteiger partial charge in [0.1, 0.15) is 23.5 Å². The summed E-state index contributed by atoms with van der Waals surface area (Å²) in [5.74, 6) is -0.961. The van der Waals surface area contributed by atoms with E-state index in [2.05, 4.69) is 0 Å². The molecule has 0 aliphatic carbocycles. The Morgan fingerprint density at radius 1 is 1.20 bits per heavy atom. The first kappa shape index (κ1) is 16.2. The molecule has 0 aliphatic rings. The molecule has 0 radical (unpaired) electrons. The number of para-hydroxylation sites is 1. The van der Waals surface area contributed by atoms with Gasteiger partial charge < -0.3 is 14.3 Å². The fourth-order valence-electron chi connectivity index (χ4n) is 2.36. The van der Waals surface area contributed by atoms with Crippen LogP contribution in [0.2, 0.25) is 0 Å². The van der Waals surface area contributed by atoms with Gasteiger partial charge in [-0.1, -0.05) is 12.1 Å². The summed E-state index contributed by atoms with van der Waals surface area (Å²) in [4.78, 5) is 34.0. The number of hydrogen-bond donors (Lipinski definition) is 1. The van der Waals surface area contributed by atoms with Crippen LogP contribution in [0.5, 0.6) is 5.75 Å². The van der Waals surface area contributed by atoms with E-state index in [1.165, 1.54) is 42.5 Å². The zero-order valence-electron chi connectivity index (χ0n) is 12.7. The van der Waals surface area contributed by atoms with E-state index in [-0.39, 0.29) is 29.2 Å². The van der Waals surface area contributed by atoms with Gasteiger partial charge in [-0.15, -0.1) is 0 Å². The molecular weight excluding hydrogens is 330 g/mol. The Bertz CT molecular complexity index is 1040. The summed E-state index contributed by atoms with van der Waals surface area (Å²) in [6.45, 7) is -0.280. The molecule has 1 heterocycles. The zero-order valence-corrected chi connectivity index (χ0v) is 12.7. The molecular formula is C17H11NO7. The van der Waals surface area contributed by atoms with Crippen molar-refractivity contribution in [2.75, 3.05) is 0 Å². The molecule has 0 spiro atoms. The second kappa shape index (κ2) is 6.44. The first-order valence-electron chi connectivity index (χ1n) is 7.12. The highest BCUT2D eigenvalue weighted by molar-refractivity contribution is 5.94. The number of fused-ring (bicyclic) bond motifs is 1. The maximum absolute atomic E-state index is 12.2. The van der Waals surface area contributed by atoms with Gasteiger partial charge in [0.25, 0.3) is 5.69 Å². The molecule has 8 nitrogen and oxygen atoms in total. The van der Waals surface area contributed by atoms with Crippen LogP contribution >= 0.6 is 0 Å². The van der Waals surface area contributed by atoms with Crippen molar-refractivity contribution in [1.82, 2.24) is 0 Å². The lowest BCUT2D eigenvalue weighted by molar-refractivity contribution is -0.385. The van der Waals surface area contributed by atoms with Crippen molar-refractivity contribution in [3.05, 3.63) is 80.2 Å². The highest BCUT2D eigenvalue weighted by Crippen LogP contribution is 2.23. The Balaban J connectivity index is 1.90. The van der Waals surface area contributed by atoms with E-state index in [1.807, 2.05) is 0 Å². The van der Waals surface area contributed by atoms with Gasteiger partial charge in [0, 0.05) is 29.1 Å². The Labute approximate surface area is 140 Å². The van der Waals surface area contributed by atoms with Gasteiger partial charge in [-0.2, -0.15) is 0 Å². The largest absolute Gasteiger partial charge is 0.508 e. The molecule has 2 aromatic carbocycles. The molecule has 0 atom stereocenters. The summed E-state index contributed by atoms with van der Waals surface area (Å²) < 4.78 is 10.1. The topological polar surface area (TPSA) is 120 Å². The average Bonchev–Trinajstić information content (AvgIpc) is 2.58. The SMILES string of the molecule is O=C(OCc1cc(=O)oc2cc(O)ccc12)c1ccccc1[N+](=O)[O-]. The Morgan fingerprint density at radius 3 is 2.72 bits per heavy atom. The van der Waals surface area contributed by atoms with Crippen LogP contribution in [0.3, 0.4) is 0 Å². The molecule has 1 N–H and O–H groups in total. The highest BCUT2D eigenvalue weighted by Gasteiger charge is 2.21. The third-order valence-corrected chi connectivity index (χ3v) is 3.49. The van der Waals surface area contributed by atoms with E-state index < -0.39 is 16.5 Å². The van der Waals surface area contributed by atoms with Gasteiger partial charge in [0.05, 0.1) is 4.92 Å². The first-order valence-corrected chi connectivity index (χ1v) is 7.12. The lowest BCUT2D eigenvalue weighted by Gasteiger charge is -2.07. The molecule has 8 heteroatoms. The second-order valence-electron chi connectivity index (χ2n) is 5.12. The summed E-state index contributed by atoms with van der Waals surface area (Å²) in [7, 11) is 0. The lowest BCUT2D eigenvalue weighted by Crippen LogP contribution is -2.09. The average molecular weight is 341 g/mol. The van der Waals surface area contributed by atoms with E-state index in [4.69, 9.17) is 9.15 Å². The number of hydrogen-bond acceptors (Lipinski definition) is 7. The number of carbonyl (C=O) groups excluding carboxylic acids is 1. The molecule has 0 aliphatic heterocycles. The Hall–Kier alpha value is -3.68. The number of nitro benzene ring substituents is 1. The second-order valence-corrected chi connectivity index (χ2v) is 5.12. The van der Waals surface area contributed by atoms with Crippen LogP contribution in [-0.2, 0) is 11.3 Å². The normalized spacial score (nSPS) is 10.6. The zero-order chi connectivity index (χ0) is 18.0. The van der Waals surface area contributed by atoms with Crippen molar-refractivity contribution in [3.8, 4) is 5.75 Å². The van der Waals surface area contributed by atoms with E-state index in [0.29, 0.717) is 10.9 Å². The van der Waals surface area contributed by atoms with E-state index >= 15 is 0 Å². The summed E-state index contributed by atoms with van der Waals surface area (Å²) in [5, 5.41) is 20.9. The Morgan fingerprint density at radius 2 is 1.96 bits per heavy atom. The van der Waals surface area contributed by atoms with Gasteiger partial charge in [-0.25, -0.2) is 9.59 Å². The third-order valence-electron chi connectivity index (χ3n) is 3.49. The predicted molar refractivity (Wildman–Crippen MR) is 86.4 cm³/mol. The van der Waals surface area contributed by atoms with Crippen molar-refractivity contribution in [2.45, 2.75) is 6.61 Å². The quantitative estimate of drug-likeness (QED) is 0.335. The molecule has 0 unspecified atom stereocenters. The van der Waals surface area contributed by atoms with E-state index in [9.17, 15) is 24.8 Å². The van der Waals surface area contributed by atoms with Crippen molar-refractivity contribution < 1.29 is 24.0 Å². The first-order chi connectivity index (χ1) is 12.0. The van der Waals surface area contributed by atoms with Crippen LogP contribution in [0.15, 0.2) is 57.7 Å². The summed E-state index contributed by atoms with van der Waals surface area (Å²) in [6, 6.07) is 10.8. The van der Waals surface area contributed by atoms with E-state index in [1.54, 1.807) is 0 Å². The smallest absolute Gasteiger partial charge is 0.345 e. The van der Waals surface area contributed by atoms with Crippen molar-refractivity contribution in [3.63, 3.8) is 0 Å². The number of ether oxygens (including phenoxy) is 1. The maximum Gasteiger partial charge on any atom is 0.345 e. The minimum absolute atomic E-state index is 0.0790. The monoisotopic (exact) mass is 341 g/mol. The molecule has 0 saturated heterocycles. The molecule has 126 valence electrons. The number of phenols is 1. The fourth-order valence-corrected chi connectivity index (χ4v) is 2.36. The van der Waals surface area contributed by atoms with Crippen LogP contribution in [0.4, 0.5) is 5.69 Å². The van der Waals surface area contributed by atoms with Gasteiger partial charge in [-0.05, 0) is 18.2 Å². The number of benzene rings is 2. The molecule has 0 fully saturated rings. The van der Waals surface area contributed by atoms with Gasteiger partial charge in [0.2, 0.25) is 0 Å². The fraction of sp³-hybridized carbons (Fsp3) is 0.0588. The molecule has 0 saturated carbocycles. The van der Waals surface area contributed by atoms with Crippen molar-refractivity contribution in [1.29, 1.82) is 0 Å². The Kier molecular flexibility index (Phi) is 4.17. The van der Waals surface area contributed by atoms with Crippen LogP contribution in [0.25, 0.3) is 11.0 Å². The molecule has 3 rings (SSSR count). The molecule has 25 heavy (non-hydrogen) atoms. The summed E-state index contributed by atoms with van der Waals surface area (Å²) >= 11 is 0. The number of carbonyl (C=O) groups is 1. The maximum atomic E-state index is 12.2. The molecule has 0 amide bonds. The standard InChI is InChI=1S/C17H11NO7/c19-11-5-6-12-10(7-16(20)25-15(12)8-11)9-24-17(21)13-3-1-2-4-14(13)18(22)23/h1-8,19H,9H2. The number of esters is 1. The van der Waals surface area contributed by atoms with Gasteiger partial charge in [0.15, 0.2) is 0 Å². The van der Waals surface area contributed by atoms with Crippen LogP contribution in [0.1, 0.15) is 15.9 Å².